The Morgan fingerprint density at radius 3 is 2.50 bits per heavy atom. The van der Waals surface area contributed by atoms with E-state index >= 15 is 0 Å². The highest BCUT2D eigenvalue weighted by molar-refractivity contribution is 8.00. The zero-order valence-electron chi connectivity index (χ0n) is 17.1. The zero-order chi connectivity index (χ0) is 22.7. The molecule has 8 nitrogen and oxygen atoms in total. The van der Waals surface area contributed by atoms with Gasteiger partial charge in [0, 0.05) is 29.1 Å². The van der Waals surface area contributed by atoms with E-state index in [9.17, 15) is 19.7 Å². The van der Waals surface area contributed by atoms with Crippen LogP contribution in [0.5, 0.6) is 5.75 Å². The first-order valence-electron chi connectivity index (χ1n) is 9.70. The van der Waals surface area contributed by atoms with Crippen LogP contribution in [-0.2, 0) is 4.79 Å². The van der Waals surface area contributed by atoms with Gasteiger partial charge in [-0.1, -0.05) is 12.1 Å². The SMILES string of the molecule is COc1ccc(N2C(=O)CS[C@H]2c2cccc(NC(=O)c3ccc([N+](=O)[O-])cc3)c2)cc1. The minimum atomic E-state index is -0.514. The first kappa shape index (κ1) is 21.4. The van der Waals surface area contributed by atoms with Crippen molar-refractivity contribution in [1.82, 2.24) is 0 Å². The van der Waals surface area contributed by atoms with E-state index in [2.05, 4.69) is 5.32 Å². The molecule has 1 atom stereocenters. The number of benzene rings is 3. The lowest BCUT2D eigenvalue weighted by atomic mass is 10.1. The van der Waals surface area contributed by atoms with E-state index in [1.165, 1.54) is 36.0 Å². The summed E-state index contributed by atoms with van der Waals surface area (Å²) in [5.74, 6) is 0.695. The number of nitro groups is 1. The third-order valence-electron chi connectivity index (χ3n) is 4.99. The summed E-state index contributed by atoms with van der Waals surface area (Å²) < 4.78 is 5.20. The van der Waals surface area contributed by atoms with Crippen LogP contribution < -0.4 is 15.0 Å². The fraction of sp³-hybridized carbons (Fsp3) is 0.130. The molecule has 0 unspecified atom stereocenters. The Kier molecular flexibility index (Phi) is 6.09. The fourth-order valence-electron chi connectivity index (χ4n) is 3.40. The summed E-state index contributed by atoms with van der Waals surface area (Å²) in [4.78, 5) is 37.2. The predicted molar refractivity (Wildman–Crippen MR) is 123 cm³/mol. The molecule has 1 aliphatic rings. The highest BCUT2D eigenvalue weighted by atomic mass is 32.2. The van der Waals surface area contributed by atoms with Gasteiger partial charge in [-0.15, -0.1) is 11.8 Å². The van der Waals surface area contributed by atoms with Crippen LogP contribution in [0.25, 0.3) is 0 Å². The molecule has 1 fully saturated rings. The van der Waals surface area contributed by atoms with Crippen LogP contribution in [0.3, 0.4) is 0 Å². The number of hydrogen-bond acceptors (Lipinski definition) is 6. The molecule has 1 N–H and O–H groups in total. The van der Waals surface area contributed by atoms with Gasteiger partial charge in [-0.05, 0) is 54.1 Å². The summed E-state index contributed by atoms with van der Waals surface area (Å²) in [5, 5.41) is 13.4. The second-order valence-electron chi connectivity index (χ2n) is 7.01. The molecule has 0 aromatic heterocycles. The zero-order valence-corrected chi connectivity index (χ0v) is 17.9. The summed E-state index contributed by atoms with van der Waals surface area (Å²) in [6.45, 7) is 0. The van der Waals surface area contributed by atoms with Crippen molar-refractivity contribution in [3.63, 3.8) is 0 Å². The number of hydrogen-bond donors (Lipinski definition) is 1. The van der Waals surface area contributed by atoms with E-state index in [1.54, 1.807) is 18.1 Å². The molecule has 32 heavy (non-hydrogen) atoms. The summed E-state index contributed by atoms with van der Waals surface area (Å²) >= 11 is 1.51. The third kappa shape index (κ3) is 4.42. The molecule has 2 amide bonds. The largest absolute Gasteiger partial charge is 0.497 e. The van der Waals surface area contributed by atoms with Gasteiger partial charge < -0.3 is 10.1 Å². The van der Waals surface area contributed by atoms with Gasteiger partial charge in [0.15, 0.2) is 0 Å². The highest BCUT2D eigenvalue weighted by Crippen LogP contribution is 2.42. The van der Waals surface area contributed by atoms with Gasteiger partial charge in [0.1, 0.15) is 11.1 Å². The molecule has 0 radical (unpaired) electrons. The van der Waals surface area contributed by atoms with E-state index in [1.807, 2.05) is 42.5 Å². The summed E-state index contributed by atoms with van der Waals surface area (Å²) in [5.41, 5.74) is 2.45. The summed E-state index contributed by atoms with van der Waals surface area (Å²) in [7, 11) is 1.59. The molecular weight excluding hydrogens is 430 g/mol. The van der Waals surface area contributed by atoms with Crippen LogP contribution in [0.15, 0.2) is 72.8 Å². The maximum atomic E-state index is 12.6. The number of nitrogens with one attached hydrogen (secondary N) is 1. The maximum Gasteiger partial charge on any atom is 0.269 e. The number of non-ortho nitro benzene ring substituents is 1. The fourth-order valence-corrected chi connectivity index (χ4v) is 4.57. The van der Waals surface area contributed by atoms with Gasteiger partial charge in [-0.3, -0.25) is 24.6 Å². The molecule has 0 saturated carbocycles. The van der Waals surface area contributed by atoms with Crippen molar-refractivity contribution in [2.45, 2.75) is 5.37 Å². The van der Waals surface area contributed by atoms with Crippen molar-refractivity contribution in [3.05, 3.63) is 94.0 Å². The van der Waals surface area contributed by atoms with Crippen LogP contribution in [0.4, 0.5) is 17.1 Å². The van der Waals surface area contributed by atoms with Gasteiger partial charge >= 0.3 is 0 Å². The molecule has 1 aliphatic heterocycles. The van der Waals surface area contributed by atoms with E-state index in [-0.39, 0.29) is 22.9 Å². The normalized spacial score (nSPS) is 15.5. The third-order valence-corrected chi connectivity index (χ3v) is 6.20. The first-order valence-corrected chi connectivity index (χ1v) is 10.7. The monoisotopic (exact) mass is 449 g/mol. The molecule has 4 rings (SSSR count). The Morgan fingerprint density at radius 1 is 1.12 bits per heavy atom. The molecule has 3 aromatic carbocycles. The van der Waals surface area contributed by atoms with E-state index in [0.29, 0.717) is 22.8 Å². The second kappa shape index (κ2) is 9.11. The minimum absolute atomic E-state index is 0.00508. The van der Waals surface area contributed by atoms with E-state index < -0.39 is 4.92 Å². The quantitative estimate of drug-likeness (QED) is 0.435. The number of ether oxygens (including phenoxy) is 1. The summed E-state index contributed by atoms with van der Waals surface area (Å²) in [6, 6.07) is 20.0. The van der Waals surface area contributed by atoms with Crippen LogP contribution >= 0.6 is 11.8 Å². The number of nitrogens with zero attached hydrogens (tertiary/aromatic N) is 2. The molecule has 0 spiro atoms. The van der Waals surface area contributed by atoms with Crippen LogP contribution in [0.1, 0.15) is 21.3 Å². The van der Waals surface area contributed by atoms with Crippen LogP contribution in [0, 0.1) is 10.1 Å². The average Bonchev–Trinajstić information content (AvgIpc) is 3.20. The average molecular weight is 449 g/mol. The molecule has 0 bridgehead atoms. The van der Waals surface area contributed by atoms with Gasteiger partial charge in [-0.2, -0.15) is 0 Å². The van der Waals surface area contributed by atoms with Crippen LogP contribution in [0.2, 0.25) is 0 Å². The standard InChI is InChI=1S/C23H19N3O5S/c1-31-20-11-9-18(10-12-20)25-21(27)14-32-23(25)16-3-2-4-17(13-16)24-22(28)15-5-7-19(8-6-15)26(29)30/h2-13,23H,14H2,1H3,(H,24,28)/t23-/m0/s1. The van der Waals surface area contributed by atoms with Crippen molar-refractivity contribution in [1.29, 1.82) is 0 Å². The first-order chi connectivity index (χ1) is 15.5. The second-order valence-corrected chi connectivity index (χ2v) is 8.08. The number of carbonyl (C=O) groups excluding carboxylic acids is 2. The van der Waals surface area contributed by atoms with Gasteiger partial charge in [-0.25, -0.2) is 0 Å². The van der Waals surface area contributed by atoms with Gasteiger partial charge in [0.05, 0.1) is 17.8 Å². The lowest BCUT2D eigenvalue weighted by Crippen LogP contribution is -2.27. The Hall–Kier alpha value is -3.85. The lowest BCUT2D eigenvalue weighted by Gasteiger charge is -2.25. The Bertz CT molecular complexity index is 1170. The number of nitro benzene ring substituents is 1. The lowest BCUT2D eigenvalue weighted by molar-refractivity contribution is -0.384. The van der Waals surface area contributed by atoms with Gasteiger partial charge in [0.2, 0.25) is 5.91 Å². The highest BCUT2D eigenvalue weighted by Gasteiger charge is 2.34. The minimum Gasteiger partial charge on any atom is -0.497 e. The molecule has 1 saturated heterocycles. The predicted octanol–water partition coefficient (Wildman–Crippen LogP) is 4.63. The van der Waals surface area contributed by atoms with Gasteiger partial charge in [0.25, 0.3) is 11.6 Å². The molecule has 9 heteroatoms. The number of thioether (sulfide) groups is 1. The van der Waals surface area contributed by atoms with Crippen molar-refractivity contribution in [3.8, 4) is 5.75 Å². The smallest absolute Gasteiger partial charge is 0.269 e. The van der Waals surface area contributed by atoms with Crippen molar-refractivity contribution >= 4 is 40.6 Å². The molecule has 0 aliphatic carbocycles. The Balaban J connectivity index is 1.54. The Morgan fingerprint density at radius 2 is 1.84 bits per heavy atom. The van der Waals surface area contributed by atoms with E-state index in [4.69, 9.17) is 4.74 Å². The van der Waals surface area contributed by atoms with E-state index in [0.717, 1.165) is 11.3 Å². The van der Waals surface area contributed by atoms with Crippen molar-refractivity contribution < 1.29 is 19.2 Å². The Labute approximate surface area is 188 Å². The molecule has 162 valence electrons. The van der Waals surface area contributed by atoms with Crippen molar-refractivity contribution in [2.75, 3.05) is 23.1 Å². The van der Waals surface area contributed by atoms with Crippen LogP contribution in [-0.4, -0.2) is 29.6 Å². The number of carbonyl (C=O) groups is 2. The number of anilines is 2. The number of amides is 2. The molecular formula is C23H19N3O5S. The number of rotatable bonds is 6. The summed E-state index contributed by atoms with van der Waals surface area (Å²) in [6.07, 6.45) is 0. The maximum absolute atomic E-state index is 12.6. The molecule has 1 heterocycles. The number of methoxy groups -OCH3 is 1. The van der Waals surface area contributed by atoms with Crippen molar-refractivity contribution in [2.24, 2.45) is 0 Å². The molecule has 3 aromatic rings. The topological polar surface area (TPSA) is 102 Å².